The van der Waals surface area contributed by atoms with Crippen molar-refractivity contribution in [1.82, 2.24) is 4.90 Å². The van der Waals surface area contributed by atoms with Gasteiger partial charge in [0, 0.05) is 32.2 Å². The van der Waals surface area contributed by atoms with E-state index in [0.717, 1.165) is 38.9 Å². The quantitative estimate of drug-likeness (QED) is 0.843. The number of ether oxygens (including phenoxy) is 1. The van der Waals surface area contributed by atoms with E-state index in [1.165, 1.54) is 5.56 Å². The van der Waals surface area contributed by atoms with E-state index in [2.05, 4.69) is 24.3 Å². The number of likely N-dealkylation sites (tertiary alicyclic amines) is 1. The SMILES string of the molecule is CN1C(=O)C(CC2CCOC2)C[C@@H]1Cc1ccccc1. The maximum atomic E-state index is 12.4. The summed E-state index contributed by atoms with van der Waals surface area (Å²) in [7, 11) is 1.96. The topological polar surface area (TPSA) is 29.5 Å². The predicted molar refractivity (Wildman–Crippen MR) is 78.4 cm³/mol. The number of hydrogen-bond acceptors (Lipinski definition) is 2. The first-order valence-electron chi connectivity index (χ1n) is 7.62. The van der Waals surface area contributed by atoms with E-state index >= 15 is 0 Å². The van der Waals surface area contributed by atoms with Gasteiger partial charge in [0.2, 0.25) is 5.91 Å². The van der Waals surface area contributed by atoms with Crippen LogP contribution in [-0.4, -0.2) is 37.1 Å². The molecule has 0 aliphatic carbocycles. The number of benzene rings is 1. The van der Waals surface area contributed by atoms with Gasteiger partial charge in [-0.3, -0.25) is 4.79 Å². The number of carbonyl (C=O) groups is 1. The normalized spacial score (nSPS) is 30.1. The lowest BCUT2D eigenvalue weighted by atomic mass is 9.90. The second kappa shape index (κ2) is 5.96. The number of likely N-dealkylation sites (N-methyl/N-ethyl adjacent to an activating group) is 1. The Morgan fingerprint density at radius 3 is 2.80 bits per heavy atom. The molecule has 0 spiro atoms. The van der Waals surface area contributed by atoms with Crippen molar-refractivity contribution >= 4 is 5.91 Å². The molecule has 3 nitrogen and oxygen atoms in total. The summed E-state index contributed by atoms with van der Waals surface area (Å²) < 4.78 is 5.43. The third-order valence-corrected chi connectivity index (χ3v) is 4.76. The summed E-state index contributed by atoms with van der Waals surface area (Å²) in [5.41, 5.74) is 1.32. The summed E-state index contributed by atoms with van der Waals surface area (Å²) in [5.74, 6) is 1.13. The molecule has 2 aliphatic heterocycles. The molecule has 0 aromatic heterocycles. The maximum absolute atomic E-state index is 12.4. The van der Waals surface area contributed by atoms with E-state index in [9.17, 15) is 4.79 Å². The van der Waals surface area contributed by atoms with Crippen LogP contribution in [0.25, 0.3) is 0 Å². The van der Waals surface area contributed by atoms with Gasteiger partial charge in [0.05, 0.1) is 0 Å². The van der Waals surface area contributed by atoms with Crippen molar-refractivity contribution in [2.75, 3.05) is 20.3 Å². The Hall–Kier alpha value is -1.35. The highest BCUT2D eigenvalue weighted by Crippen LogP contribution is 2.32. The monoisotopic (exact) mass is 273 g/mol. The van der Waals surface area contributed by atoms with Crippen LogP contribution < -0.4 is 0 Å². The van der Waals surface area contributed by atoms with Gasteiger partial charge in [-0.15, -0.1) is 0 Å². The number of rotatable bonds is 4. The van der Waals surface area contributed by atoms with Crippen LogP contribution in [0.4, 0.5) is 0 Å². The molecule has 0 bridgehead atoms. The zero-order valence-corrected chi connectivity index (χ0v) is 12.1. The van der Waals surface area contributed by atoms with Gasteiger partial charge in [0.1, 0.15) is 0 Å². The molecular weight excluding hydrogens is 250 g/mol. The van der Waals surface area contributed by atoms with Gasteiger partial charge in [0.25, 0.3) is 0 Å². The molecule has 0 radical (unpaired) electrons. The van der Waals surface area contributed by atoms with Gasteiger partial charge >= 0.3 is 0 Å². The summed E-state index contributed by atoms with van der Waals surface area (Å²) in [6.07, 6.45) is 4.10. The minimum atomic E-state index is 0.209. The Balaban J connectivity index is 1.61. The maximum Gasteiger partial charge on any atom is 0.225 e. The molecule has 2 aliphatic rings. The van der Waals surface area contributed by atoms with E-state index in [0.29, 0.717) is 17.9 Å². The molecule has 2 heterocycles. The van der Waals surface area contributed by atoms with Crippen LogP contribution in [0.1, 0.15) is 24.8 Å². The van der Waals surface area contributed by atoms with E-state index in [-0.39, 0.29) is 5.92 Å². The first-order valence-corrected chi connectivity index (χ1v) is 7.62. The first kappa shape index (κ1) is 13.6. The molecule has 3 atom stereocenters. The summed E-state index contributed by atoms with van der Waals surface area (Å²) in [6.45, 7) is 1.71. The predicted octanol–water partition coefficient (Wildman–Crippen LogP) is 2.50. The van der Waals surface area contributed by atoms with Crippen LogP contribution in [0.3, 0.4) is 0 Å². The van der Waals surface area contributed by atoms with E-state index in [4.69, 9.17) is 4.74 Å². The molecule has 1 amide bonds. The second-order valence-corrected chi connectivity index (χ2v) is 6.19. The highest BCUT2D eigenvalue weighted by atomic mass is 16.5. The molecule has 108 valence electrons. The van der Waals surface area contributed by atoms with Gasteiger partial charge in [-0.25, -0.2) is 0 Å². The van der Waals surface area contributed by atoms with Gasteiger partial charge in [-0.05, 0) is 37.2 Å². The Morgan fingerprint density at radius 2 is 2.10 bits per heavy atom. The number of amides is 1. The molecule has 2 fully saturated rings. The van der Waals surface area contributed by atoms with E-state index in [1.807, 2.05) is 18.0 Å². The van der Waals surface area contributed by atoms with Crippen molar-refractivity contribution < 1.29 is 9.53 Å². The smallest absolute Gasteiger partial charge is 0.225 e. The molecule has 1 aromatic rings. The highest BCUT2D eigenvalue weighted by Gasteiger charge is 2.38. The van der Waals surface area contributed by atoms with Crippen LogP contribution in [-0.2, 0) is 16.0 Å². The minimum Gasteiger partial charge on any atom is -0.381 e. The second-order valence-electron chi connectivity index (χ2n) is 6.19. The molecule has 0 N–H and O–H groups in total. The molecule has 20 heavy (non-hydrogen) atoms. The van der Waals surface area contributed by atoms with Crippen molar-refractivity contribution in [2.24, 2.45) is 11.8 Å². The minimum absolute atomic E-state index is 0.209. The molecule has 1 aromatic carbocycles. The van der Waals surface area contributed by atoms with Crippen LogP contribution in [0.15, 0.2) is 30.3 Å². The van der Waals surface area contributed by atoms with Crippen LogP contribution in [0.2, 0.25) is 0 Å². The van der Waals surface area contributed by atoms with Crippen LogP contribution in [0, 0.1) is 11.8 Å². The van der Waals surface area contributed by atoms with Crippen molar-refractivity contribution in [3.8, 4) is 0 Å². The summed E-state index contributed by atoms with van der Waals surface area (Å²) in [6, 6.07) is 10.8. The number of hydrogen-bond donors (Lipinski definition) is 0. The van der Waals surface area contributed by atoms with Crippen molar-refractivity contribution in [2.45, 2.75) is 31.7 Å². The van der Waals surface area contributed by atoms with Gasteiger partial charge in [-0.1, -0.05) is 30.3 Å². The standard InChI is InChI=1S/C17H23NO2/c1-18-16(10-13-5-3-2-4-6-13)11-15(17(18)19)9-14-7-8-20-12-14/h2-6,14-16H,7-12H2,1H3/t14?,15?,16-/m0/s1. The van der Waals surface area contributed by atoms with Crippen molar-refractivity contribution in [3.63, 3.8) is 0 Å². The van der Waals surface area contributed by atoms with Gasteiger partial charge < -0.3 is 9.64 Å². The summed E-state index contributed by atoms with van der Waals surface area (Å²) >= 11 is 0. The fourth-order valence-electron chi connectivity index (χ4n) is 3.53. The molecule has 3 rings (SSSR count). The lowest BCUT2D eigenvalue weighted by Crippen LogP contribution is -2.31. The largest absolute Gasteiger partial charge is 0.381 e. The summed E-state index contributed by atoms with van der Waals surface area (Å²) in [5, 5.41) is 0. The average Bonchev–Trinajstić information content (AvgIpc) is 3.06. The summed E-state index contributed by atoms with van der Waals surface area (Å²) in [4.78, 5) is 14.3. The number of nitrogens with zero attached hydrogens (tertiary/aromatic N) is 1. The number of carbonyl (C=O) groups excluding carboxylic acids is 1. The zero-order chi connectivity index (χ0) is 13.9. The Labute approximate surface area is 120 Å². The zero-order valence-electron chi connectivity index (χ0n) is 12.1. The van der Waals surface area contributed by atoms with Crippen LogP contribution >= 0.6 is 0 Å². The molecule has 2 saturated heterocycles. The third-order valence-electron chi connectivity index (χ3n) is 4.76. The molecule has 0 saturated carbocycles. The molecule has 2 unspecified atom stereocenters. The van der Waals surface area contributed by atoms with Gasteiger partial charge in [0.15, 0.2) is 0 Å². The van der Waals surface area contributed by atoms with E-state index in [1.54, 1.807) is 0 Å². The Bertz CT molecular complexity index is 453. The lowest BCUT2D eigenvalue weighted by Gasteiger charge is -2.19. The fraction of sp³-hybridized carbons (Fsp3) is 0.588. The first-order chi connectivity index (χ1) is 9.74. The fourth-order valence-corrected chi connectivity index (χ4v) is 3.53. The Kier molecular flexibility index (Phi) is 4.06. The van der Waals surface area contributed by atoms with Gasteiger partial charge in [-0.2, -0.15) is 0 Å². The lowest BCUT2D eigenvalue weighted by molar-refractivity contribution is -0.131. The average molecular weight is 273 g/mol. The van der Waals surface area contributed by atoms with Crippen molar-refractivity contribution in [3.05, 3.63) is 35.9 Å². The van der Waals surface area contributed by atoms with Crippen molar-refractivity contribution in [1.29, 1.82) is 0 Å². The molecule has 3 heteroatoms. The Morgan fingerprint density at radius 1 is 1.30 bits per heavy atom. The van der Waals surface area contributed by atoms with Crippen LogP contribution in [0.5, 0.6) is 0 Å². The molecular formula is C17H23NO2. The van der Waals surface area contributed by atoms with E-state index < -0.39 is 0 Å². The third kappa shape index (κ3) is 2.88. The highest BCUT2D eigenvalue weighted by molar-refractivity contribution is 5.81.